The summed E-state index contributed by atoms with van der Waals surface area (Å²) < 4.78 is 26.6. The Morgan fingerprint density at radius 2 is 2.18 bits per heavy atom. The number of nitrogens with one attached hydrogen (secondary N) is 1. The monoisotopic (exact) mass is 345 g/mol. The number of thiazole rings is 1. The maximum Gasteiger partial charge on any atom is 0.260 e. The summed E-state index contributed by atoms with van der Waals surface area (Å²) in [5, 5.41) is 2.91. The van der Waals surface area contributed by atoms with Crippen LogP contribution < -0.4 is 11.1 Å². The summed E-state index contributed by atoms with van der Waals surface area (Å²) in [6, 6.07) is 2.88. The quantitative estimate of drug-likeness (QED) is 0.879. The summed E-state index contributed by atoms with van der Waals surface area (Å²) in [4.78, 5) is 17.4. The molecule has 8 heteroatoms. The Kier molecular flexibility index (Phi) is 5.10. The van der Waals surface area contributed by atoms with Gasteiger partial charge in [0.15, 0.2) is 5.13 Å². The van der Waals surface area contributed by atoms with Gasteiger partial charge in [0.25, 0.3) is 5.91 Å². The van der Waals surface area contributed by atoms with Gasteiger partial charge in [-0.15, -0.1) is 23.7 Å². The van der Waals surface area contributed by atoms with Crippen LogP contribution in [0.2, 0.25) is 0 Å². The SMILES string of the molecule is Cl.N[C@H]1CCc2nc(NC(=O)c3cc(F)ccc3F)sc2C1. The van der Waals surface area contributed by atoms with Gasteiger partial charge in [-0.3, -0.25) is 10.1 Å². The molecule has 0 spiro atoms. The first-order chi connectivity index (χ1) is 10.0. The highest BCUT2D eigenvalue weighted by Crippen LogP contribution is 2.29. The molecule has 0 aliphatic heterocycles. The fourth-order valence-electron chi connectivity index (χ4n) is 2.29. The number of hydrogen-bond acceptors (Lipinski definition) is 4. The third kappa shape index (κ3) is 3.43. The molecule has 1 amide bonds. The minimum absolute atomic E-state index is 0. The zero-order valence-corrected chi connectivity index (χ0v) is 13.1. The molecule has 118 valence electrons. The lowest BCUT2D eigenvalue weighted by molar-refractivity contribution is 0.102. The van der Waals surface area contributed by atoms with Gasteiger partial charge in [-0.05, 0) is 37.5 Å². The fourth-order valence-corrected chi connectivity index (χ4v) is 3.39. The normalized spacial score (nSPS) is 16.6. The number of benzene rings is 1. The van der Waals surface area contributed by atoms with E-state index in [1.54, 1.807) is 0 Å². The van der Waals surface area contributed by atoms with E-state index in [0.29, 0.717) is 5.13 Å². The highest BCUT2D eigenvalue weighted by Gasteiger charge is 2.21. The highest BCUT2D eigenvalue weighted by molar-refractivity contribution is 7.15. The van der Waals surface area contributed by atoms with Crippen LogP contribution in [0.15, 0.2) is 18.2 Å². The van der Waals surface area contributed by atoms with Crippen LogP contribution in [0.25, 0.3) is 0 Å². The molecule has 0 radical (unpaired) electrons. The minimum atomic E-state index is -0.766. The van der Waals surface area contributed by atoms with Crippen molar-refractivity contribution < 1.29 is 13.6 Å². The molecule has 3 N–H and O–H groups in total. The molecular weight excluding hydrogens is 332 g/mol. The summed E-state index contributed by atoms with van der Waals surface area (Å²) in [5.74, 6) is -2.13. The topological polar surface area (TPSA) is 68.0 Å². The first kappa shape index (κ1) is 16.8. The number of amides is 1. The van der Waals surface area contributed by atoms with Crippen molar-refractivity contribution in [3.63, 3.8) is 0 Å². The van der Waals surface area contributed by atoms with Gasteiger partial charge in [0.1, 0.15) is 11.6 Å². The van der Waals surface area contributed by atoms with Gasteiger partial charge in [0.2, 0.25) is 0 Å². The highest BCUT2D eigenvalue weighted by atomic mass is 35.5. The minimum Gasteiger partial charge on any atom is -0.327 e. The van der Waals surface area contributed by atoms with E-state index in [1.165, 1.54) is 11.3 Å². The molecule has 1 aromatic heterocycles. The Morgan fingerprint density at radius 3 is 2.95 bits per heavy atom. The Balaban J connectivity index is 0.00000176. The van der Waals surface area contributed by atoms with Crippen molar-refractivity contribution in [1.29, 1.82) is 0 Å². The third-order valence-electron chi connectivity index (χ3n) is 3.37. The maximum atomic E-state index is 13.5. The van der Waals surface area contributed by atoms with Gasteiger partial charge in [-0.1, -0.05) is 0 Å². The number of hydrogen-bond donors (Lipinski definition) is 2. The van der Waals surface area contributed by atoms with E-state index >= 15 is 0 Å². The first-order valence-electron chi connectivity index (χ1n) is 6.53. The molecule has 0 saturated heterocycles. The lowest BCUT2D eigenvalue weighted by Crippen LogP contribution is -2.27. The Morgan fingerprint density at radius 1 is 1.41 bits per heavy atom. The number of carbonyl (C=O) groups excluding carboxylic acids is 1. The van der Waals surface area contributed by atoms with Gasteiger partial charge in [0, 0.05) is 10.9 Å². The molecule has 4 nitrogen and oxygen atoms in total. The number of nitrogens with zero attached hydrogens (tertiary/aromatic N) is 1. The smallest absolute Gasteiger partial charge is 0.260 e. The zero-order chi connectivity index (χ0) is 15.0. The van der Waals surface area contributed by atoms with E-state index in [0.717, 1.165) is 48.0 Å². The lowest BCUT2D eigenvalue weighted by Gasteiger charge is -2.15. The average Bonchev–Trinajstić information content (AvgIpc) is 2.82. The molecule has 0 bridgehead atoms. The summed E-state index contributed by atoms with van der Waals surface area (Å²) in [6.45, 7) is 0. The van der Waals surface area contributed by atoms with E-state index in [9.17, 15) is 13.6 Å². The number of aromatic nitrogens is 1. The second-order valence-electron chi connectivity index (χ2n) is 4.97. The van der Waals surface area contributed by atoms with Gasteiger partial charge < -0.3 is 5.73 Å². The summed E-state index contributed by atoms with van der Waals surface area (Å²) in [7, 11) is 0. The molecule has 1 atom stereocenters. The standard InChI is InChI=1S/C14H13F2N3OS.ClH/c15-7-1-3-10(16)9(5-7)13(20)19-14-18-11-4-2-8(17)6-12(11)21-14;/h1,3,5,8H,2,4,6,17H2,(H,18,19,20);1H/t8-;/m0./s1. The van der Waals surface area contributed by atoms with Crippen LogP contribution in [0.3, 0.4) is 0 Å². The van der Waals surface area contributed by atoms with Gasteiger partial charge >= 0.3 is 0 Å². The van der Waals surface area contributed by atoms with Crippen LogP contribution in [0.5, 0.6) is 0 Å². The number of anilines is 1. The number of carbonyl (C=O) groups is 1. The Hall–Kier alpha value is -1.57. The number of aryl methyl sites for hydroxylation is 1. The molecule has 1 aliphatic rings. The summed E-state index contributed by atoms with van der Waals surface area (Å²) in [5.41, 5.74) is 6.48. The van der Waals surface area contributed by atoms with Gasteiger partial charge in [-0.2, -0.15) is 0 Å². The summed E-state index contributed by atoms with van der Waals surface area (Å²) >= 11 is 1.33. The second kappa shape index (κ2) is 6.68. The van der Waals surface area contributed by atoms with Crippen molar-refractivity contribution in [1.82, 2.24) is 4.98 Å². The molecule has 3 rings (SSSR count). The van der Waals surface area contributed by atoms with E-state index in [1.807, 2.05) is 0 Å². The Bertz CT molecular complexity index is 707. The van der Waals surface area contributed by atoms with Crippen LogP contribution in [-0.4, -0.2) is 16.9 Å². The van der Waals surface area contributed by atoms with Crippen molar-refractivity contribution in [2.45, 2.75) is 25.3 Å². The molecule has 2 aromatic rings. The predicted octanol–water partition coefficient (Wildman–Crippen LogP) is 2.91. The maximum absolute atomic E-state index is 13.5. The van der Waals surface area contributed by atoms with E-state index < -0.39 is 17.5 Å². The largest absolute Gasteiger partial charge is 0.327 e. The number of nitrogens with two attached hydrogens (primary N) is 1. The van der Waals surface area contributed by atoms with E-state index in [4.69, 9.17) is 5.73 Å². The van der Waals surface area contributed by atoms with Crippen LogP contribution in [0.4, 0.5) is 13.9 Å². The molecule has 0 unspecified atom stereocenters. The van der Waals surface area contributed by atoms with Crippen molar-refractivity contribution in [3.05, 3.63) is 46.0 Å². The number of rotatable bonds is 2. The lowest BCUT2D eigenvalue weighted by atomic mass is 9.99. The van der Waals surface area contributed by atoms with Crippen molar-refractivity contribution in [2.24, 2.45) is 5.73 Å². The molecule has 0 saturated carbocycles. The van der Waals surface area contributed by atoms with Crippen LogP contribution in [0, 0.1) is 11.6 Å². The Labute approximate surface area is 136 Å². The summed E-state index contributed by atoms with van der Waals surface area (Å²) in [6.07, 6.45) is 2.37. The van der Waals surface area contributed by atoms with E-state index in [-0.39, 0.29) is 24.0 Å². The molecule has 1 heterocycles. The predicted molar refractivity (Wildman–Crippen MR) is 83.7 cm³/mol. The molecule has 0 fully saturated rings. The third-order valence-corrected chi connectivity index (χ3v) is 4.41. The molecule has 1 aliphatic carbocycles. The van der Waals surface area contributed by atoms with Crippen LogP contribution in [-0.2, 0) is 12.8 Å². The molecular formula is C14H14ClF2N3OS. The zero-order valence-electron chi connectivity index (χ0n) is 11.4. The van der Waals surface area contributed by atoms with Gasteiger partial charge in [-0.25, -0.2) is 13.8 Å². The van der Waals surface area contributed by atoms with Gasteiger partial charge in [0.05, 0.1) is 11.3 Å². The van der Waals surface area contributed by atoms with Crippen LogP contribution in [0.1, 0.15) is 27.3 Å². The number of fused-ring (bicyclic) bond motifs is 1. The molecule has 1 aromatic carbocycles. The fraction of sp³-hybridized carbons (Fsp3) is 0.286. The van der Waals surface area contributed by atoms with Crippen LogP contribution >= 0.6 is 23.7 Å². The second-order valence-corrected chi connectivity index (χ2v) is 6.05. The van der Waals surface area contributed by atoms with Crippen molar-refractivity contribution in [2.75, 3.05) is 5.32 Å². The first-order valence-corrected chi connectivity index (χ1v) is 7.35. The number of halogens is 3. The molecule has 22 heavy (non-hydrogen) atoms. The van der Waals surface area contributed by atoms with Crippen molar-refractivity contribution >= 4 is 34.8 Å². The van der Waals surface area contributed by atoms with Crippen molar-refractivity contribution in [3.8, 4) is 0 Å². The van der Waals surface area contributed by atoms with E-state index in [2.05, 4.69) is 10.3 Å². The average molecular weight is 346 g/mol.